The summed E-state index contributed by atoms with van der Waals surface area (Å²) < 4.78 is 20.6. The first-order valence-electron chi connectivity index (χ1n) is 9.53. The first kappa shape index (κ1) is 19.1. The molecule has 0 aliphatic carbocycles. The van der Waals surface area contributed by atoms with E-state index in [9.17, 15) is 23.9 Å². The fourth-order valence-electron chi connectivity index (χ4n) is 4.54. The topological polar surface area (TPSA) is 101 Å². The van der Waals surface area contributed by atoms with E-state index >= 15 is 0 Å². The second-order valence-corrected chi connectivity index (χ2v) is 7.92. The van der Waals surface area contributed by atoms with Crippen molar-refractivity contribution in [3.05, 3.63) is 61.8 Å². The quantitative estimate of drug-likeness (QED) is 0.765. The van der Waals surface area contributed by atoms with Gasteiger partial charge in [0.05, 0.1) is 17.7 Å². The van der Waals surface area contributed by atoms with Gasteiger partial charge in [0.1, 0.15) is 11.4 Å². The van der Waals surface area contributed by atoms with Gasteiger partial charge in [-0.25, -0.2) is 4.39 Å². The largest absolute Gasteiger partial charge is 0.503 e. The zero-order valence-electron chi connectivity index (χ0n) is 15.7. The normalized spacial score (nSPS) is 21.5. The highest BCUT2D eigenvalue weighted by Gasteiger charge is 2.49. The number of carbonyl (C=O) groups is 2. The number of pyridine rings is 1. The number of halogens is 2. The lowest BCUT2D eigenvalue weighted by molar-refractivity contribution is -0.0124. The summed E-state index contributed by atoms with van der Waals surface area (Å²) in [6.45, 7) is 0.795. The van der Waals surface area contributed by atoms with Gasteiger partial charge in [-0.05, 0) is 30.5 Å². The molecule has 1 aromatic carbocycles. The maximum atomic E-state index is 13.3. The molecule has 1 saturated heterocycles. The molecule has 0 radical (unpaired) electrons. The van der Waals surface area contributed by atoms with Crippen LogP contribution in [-0.4, -0.2) is 45.8 Å². The smallest absolute Gasteiger partial charge is 0.276 e. The van der Waals surface area contributed by atoms with Gasteiger partial charge < -0.3 is 24.6 Å². The zero-order valence-corrected chi connectivity index (χ0v) is 16.4. The molecule has 0 saturated carbocycles. The number of ether oxygens (including phenoxy) is 1. The van der Waals surface area contributed by atoms with Crippen LogP contribution in [0.3, 0.4) is 0 Å². The standard InChI is InChI=1S/C20H17ClFN3O5/c21-10-7-9(1-2-11(10)22)8-23-18(28)14-12-3-4-13-20-24(5-6-30-20)19(29)15(25(12)13)17(27)16(14)26/h1-2,7,13,20,27H,3-6,8H2,(H,23,28). The molecular formula is C20H17ClFN3O5. The Labute approximate surface area is 174 Å². The molecule has 2 atom stereocenters. The highest BCUT2D eigenvalue weighted by molar-refractivity contribution is 6.30. The van der Waals surface area contributed by atoms with Crippen molar-refractivity contribution in [3.8, 4) is 5.75 Å². The SMILES string of the molecule is O=C(NCc1ccc(F)c(Cl)c1)c1c2n3c(c(O)c1=O)C(=O)N1CCOC1C3CC2. The molecule has 2 amide bonds. The second-order valence-electron chi connectivity index (χ2n) is 7.52. The van der Waals surface area contributed by atoms with Gasteiger partial charge in [0, 0.05) is 18.8 Å². The number of fused-ring (bicyclic) bond motifs is 2. The van der Waals surface area contributed by atoms with E-state index in [1.165, 1.54) is 23.1 Å². The Kier molecular flexibility index (Phi) is 4.33. The summed E-state index contributed by atoms with van der Waals surface area (Å²) in [5, 5.41) is 13.1. The molecule has 2 aromatic rings. The van der Waals surface area contributed by atoms with Gasteiger partial charge in [-0.3, -0.25) is 14.4 Å². The van der Waals surface area contributed by atoms with Gasteiger partial charge in [0.15, 0.2) is 17.7 Å². The molecule has 1 fully saturated rings. The summed E-state index contributed by atoms with van der Waals surface area (Å²) >= 11 is 5.76. The molecule has 3 aliphatic heterocycles. The van der Waals surface area contributed by atoms with E-state index in [2.05, 4.69) is 5.32 Å². The van der Waals surface area contributed by atoms with Crippen LogP contribution in [-0.2, 0) is 17.7 Å². The summed E-state index contributed by atoms with van der Waals surface area (Å²) in [5.74, 6) is -2.45. The van der Waals surface area contributed by atoms with E-state index in [1.807, 2.05) is 0 Å². The average Bonchev–Trinajstić information content (AvgIpc) is 3.36. The molecule has 4 heterocycles. The Morgan fingerprint density at radius 1 is 1.37 bits per heavy atom. The lowest BCUT2D eigenvalue weighted by atomic mass is 10.1. The zero-order chi connectivity index (χ0) is 21.2. The van der Waals surface area contributed by atoms with Crippen molar-refractivity contribution in [3.63, 3.8) is 0 Å². The van der Waals surface area contributed by atoms with E-state index in [-0.39, 0.29) is 28.9 Å². The molecule has 3 aliphatic rings. The molecule has 0 spiro atoms. The number of benzene rings is 1. The van der Waals surface area contributed by atoms with Gasteiger partial charge in [-0.15, -0.1) is 0 Å². The van der Waals surface area contributed by atoms with Gasteiger partial charge in [0.2, 0.25) is 5.43 Å². The summed E-state index contributed by atoms with van der Waals surface area (Å²) in [6.07, 6.45) is 0.516. The number of aromatic nitrogens is 1. The van der Waals surface area contributed by atoms with Crippen molar-refractivity contribution in [2.24, 2.45) is 0 Å². The Hall–Kier alpha value is -2.91. The molecule has 2 unspecified atom stereocenters. The Balaban J connectivity index is 1.52. The molecule has 5 rings (SSSR count). The summed E-state index contributed by atoms with van der Waals surface area (Å²) in [5.41, 5.74) is -0.182. The van der Waals surface area contributed by atoms with E-state index in [0.29, 0.717) is 37.3 Å². The van der Waals surface area contributed by atoms with Crippen LogP contribution in [0.4, 0.5) is 4.39 Å². The van der Waals surface area contributed by atoms with E-state index < -0.39 is 35.0 Å². The Morgan fingerprint density at radius 3 is 2.93 bits per heavy atom. The number of nitrogens with zero attached hydrogens (tertiary/aromatic N) is 2. The lowest BCUT2D eigenvalue weighted by Crippen LogP contribution is -2.48. The molecular weight excluding hydrogens is 417 g/mol. The lowest BCUT2D eigenvalue weighted by Gasteiger charge is -2.36. The maximum absolute atomic E-state index is 13.3. The minimum absolute atomic E-state index is 0.0160. The van der Waals surface area contributed by atoms with Crippen molar-refractivity contribution in [2.45, 2.75) is 31.7 Å². The third-order valence-electron chi connectivity index (χ3n) is 5.88. The van der Waals surface area contributed by atoms with Gasteiger partial charge in [-0.2, -0.15) is 0 Å². The van der Waals surface area contributed by atoms with E-state index in [1.54, 1.807) is 4.57 Å². The minimum atomic E-state index is -0.876. The summed E-state index contributed by atoms with van der Waals surface area (Å²) in [7, 11) is 0. The third-order valence-corrected chi connectivity index (χ3v) is 6.17. The van der Waals surface area contributed by atoms with Crippen molar-refractivity contribution >= 4 is 23.4 Å². The monoisotopic (exact) mass is 433 g/mol. The summed E-state index contributed by atoms with van der Waals surface area (Å²) in [6, 6.07) is 3.78. The van der Waals surface area contributed by atoms with Crippen LogP contribution < -0.4 is 10.7 Å². The van der Waals surface area contributed by atoms with Crippen LogP contribution in [0.15, 0.2) is 23.0 Å². The number of aromatic hydroxyl groups is 1. The van der Waals surface area contributed by atoms with Crippen molar-refractivity contribution < 1.29 is 23.8 Å². The van der Waals surface area contributed by atoms with E-state index in [4.69, 9.17) is 16.3 Å². The number of amides is 2. The van der Waals surface area contributed by atoms with Crippen LogP contribution in [0.5, 0.6) is 5.75 Å². The van der Waals surface area contributed by atoms with Gasteiger partial charge in [0.25, 0.3) is 11.8 Å². The number of nitrogens with one attached hydrogen (secondary N) is 1. The Bertz CT molecular complexity index is 1160. The number of rotatable bonds is 3. The first-order valence-corrected chi connectivity index (χ1v) is 9.91. The van der Waals surface area contributed by atoms with Crippen LogP contribution in [0.2, 0.25) is 5.02 Å². The van der Waals surface area contributed by atoms with Crippen LogP contribution >= 0.6 is 11.6 Å². The maximum Gasteiger partial charge on any atom is 0.276 e. The highest BCUT2D eigenvalue weighted by atomic mass is 35.5. The fraction of sp³-hybridized carbons (Fsp3) is 0.350. The molecule has 10 heteroatoms. The molecule has 30 heavy (non-hydrogen) atoms. The third kappa shape index (κ3) is 2.65. The number of hydrogen-bond acceptors (Lipinski definition) is 5. The molecule has 8 nitrogen and oxygen atoms in total. The molecule has 0 bridgehead atoms. The Morgan fingerprint density at radius 2 is 2.17 bits per heavy atom. The van der Waals surface area contributed by atoms with E-state index in [0.717, 1.165) is 0 Å². The first-order chi connectivity index (χ1) is 14.4. The van der Waals surface area contributed by atoms with Crippen LogP contribution in [0.25, 0.3) is 0 Å². The van der Waals surface area contributed by atoms with Crippen LogP contribution in [0.1, 0.15) is 44.6 Å². The van der Waals surface area contributed by atoms with Crippen molar-refractivity contribution in [1.82, 2.24) is 14.8 Å². The predicted molar refractivity (Wildman–Crippen MR) is 103 cm³/mol. The summed E-state index contributed by atoms with van der Waals surface area (Å²) in [4.78, 5) is 40.0. The molecule has 1 aromatic heterocycles. The van der Waals surface area contributed by atoms with Crippen LogP contribution in [0, 0.1) is 5.82 Å². The fourth-order valence-corrected chi connectivity index (χ4v) is 4.74. The number of carbonyl (C=O) groups excluding carboxylic acids is 2. The second kappa shape index (κ2) is 6.82. The van der Waals surface area contributed by atoms with Gasteiger partial charge in [-0.1, -0.05) is 17.7 Å². The molecule has 2 N–H and O–H groups in total. The molecule has 156 valence electrons. The average molecular weight is 434 g/mol. The minimum Gasteiger partial charge on any atom is -0.503 e. The predicted octanol–water partition coefficient (Wildman–Crippen LogP) is 1.58. The number of hydrogen-bond donors (Lipinski definition) is 2. The highest BCUT2D eigenvalue weighted by Crippen LogP contribution is 2.41. The van der Waals surface area contributed by atoms with Crippen molar-refractivity contribution in [2.75, 3.05) is 13.2 Å². The van der Waals surface area contributed by atoms with Crippen molar-refractivity contribution in [1.29, 1.82) is 0 Å². The van der Waals surface area contributed by atoms with Gasteiger partial charge >= 0.3 is 0 Å².